The maximum atomic E-state index is 13.2. The number of thiophene rings is 1. The summed E-state index contributed by atoms with van der Waals surface area (Å²) < 4.78 is 46.1. The molecule has 10 heteroatoms. The molecule has 1 amide bonds. The Morgan fingerprint density at radius 3 is 2.80 bits per heavy atom. The lowest BCUT2D eigenvalue weighted by molar-refractivity contribution is -0.138. The van der Waals surface area contributed by atoms with Crippen LogP contribution < -0.4 is 10.5 Å². The third kappa shape index (κ3) is 3.97. The molecule has 1 unspecified atom stereocenters. The number of alkyl halides is 3. The normalized spacial score (nSPS) is 17.9. The Labute approximate surface area is 181 Å². The van der Waals surface area contributed by atoms with E-state index in [2.05, 4.69) is 25.9 Å². The highest BCUT2D eigenvalue weighted by Gasteiger charge is 2.33. The van der Waals surface area contributed by atoms with Gasteiger partial charge in [0.25, 0.3) is 5.91 Å². The molecule has 0 bridgehead atoms. The summed E-state index contributed by atoms with van der Waals surface area (Å²) in [5.41, 5.74) is 6.09. The van der Waals surface area contributed by atoms with E-state index in [-0.39, 0.29) is 28.7 Å². The van der Waals surface area contributed by atoms with E-state index in [1.165, 1.54) is 24.5 Å². The molecule has 0 radical (unpaired) electrons. The third-order valence-corrected chi connectivity index (χ3v) is 6.44. The molecule has 5 nitrogen and oxygen atoms in total. The van der Waals surface area contributed by atoms with Gasteiger partial charge < -0.3 is 10.5 Å². The first-order chi connectivity index (χ1) is 14.2. The lowest BCUT2D eigenvalue weighted by Crippen LogP contribution is -2.13. The van der Waals surface area contributed by atoms with Gasteiger partial charge in [-0.25, -0.2) is 9.98 Å². The zero-order chi connectivity index (χ0) is 21.5. The standard InChI is InChI=1S/C20H13BrF3N3O2S/c21-13-6-15-14(26-9-27-15)5-11(13)17-7-16(18(30-17)19(25)28)29-8-10-3-1-2-4-12(10)20(22,23)24/h1-7,9,11H,8H2,(H2,25,28). The highest BCUT2D eigenvalue weighted by Crippen LogP contribution is 2.42. The number of hydrogen-bond acceptors (Lipinski definition) is 5. The molecule has 4 rings (SSSR count). The van der Waals surface area contributed by atoms with Crippen molar-refractivity contribution in [3.63, 3.8) is 0 Å². The minimum Gasteiger partial charge on any atom is -0.487 e. The lowest BCUT2D eigenvalue weighted by atomic mass is 9.98. The van der Waals surface area contributed by atoms with Crippen molar-refractivity contribution in [1.82, 2.24) is 0 Å². The molecule has 2 aliphatic rings. The summed E-state index contributed by atoms with van der Waals surface area (Å²) in [6, 6.07) is 6.76. The number of ether oxygens (including phenoxy) is 1. The molecule has 2 aromatic rings. The summed E-state index contributed by atoms with van der Waals surface area (Å²) in [5, 5.41) is 0. The van der Waals surface area contributed by atoms with Gasteiger partial charge in [-0.2, -0.15) is 13.2 Å². The first kappa shape index (κ1) is 20.5. The smallest absolute Gasteiger partial charge is 0.416 e. The summed E-state index contributed by atoms with van der Waals surface area (Å²) in [6.07, 6.45) is 0.663. The van der Waals surface area contributed by atoms with E-state index in [1.807, 2.05) is 12.2 Å². The molecule has 1 aromatic heterocycles. The van der Waals surface area contributed by atoms with Crippen molar-refractivity contribution in [3.8, 4) is 5.75 Å². The molecule has 1 aromatic carbocycles. The van der Waals surface area contributed by atoms with Crippen LogP contribution in [0.2, 0.25) is 0 Å². The van der Waals surface area contributed by atoms with Crippen molar-refractivity contribution < 1.29 is 22.7 Å². The van der Waals surface area contributed by atoms with Crippen LogP contribution in [0.15, 0.2) is 62.6 Å². The van der Waals surface area contributed by atoms with E-state index >= 15 is 0 Å². The van der Waals surface area contributed by atoms with Crippen LogP contribution in [0.1, 0.15) is 31.6 Å². The second-order valence-electron chi connectivity index (χ2n) is 6.47. The van der Waals surface area contributed by atoms with Crippen LogP contribution in [0.5, 0.6) is 5.75 Å². The van der Waals surface area contributed by atoms with Gasteiger partial charge in [0.1, 0.15) is 23.6 Å². The predicted molar refractivity (Wildman–Crippen MR) is 112 cm³/mol. The molecule has 1 aliphatic heterocycles. The number of hydrogen-bond donors (Lipinski definition) is 1. The van der Waals surface area contributed by atoms with Crippen molar-refractivity contribution in [2.45, 2.75) is 18.7 Å². The van der Waals surface area contributed by atoms with E-state index in [9.17, 15) is 18.0 Å². The van der Waals surface area contributed by atoms with E-state index < -0.39 is 17.6 Å². The van der Waals surface area contributed by atoms with Crippen LogP contribution >= 0.6 is 27.3 Å². The minimum atomic E-state index is -4.50. The zero-order valence-electron chi connectivity index (χ0n) is 15.1. The highest BCUT2D eigenvalue weighted by molar-refractivity contribution is 9.11. The maximum Gasteiger partial charge on any atom is 0.416 e. The number of nitrogens with two attached hydrogens (primary N) is 1. The molecule has 0 spiro atoms. The van der Waals surface area contributed by atoms with Crippen molar-refractivity contribution in [2.24, 2.45) is 15.7 Å². The monoisotopic (exact) mass is 495 g/mol. The number of amides is 1. The zero-order valence-corrected chi connectivity index (χ0v) is 17.5. The fraction of sp³-hybridized carbons (Fsp3) is 0.150. The van der Waals surface area contributed by atoms with Crippen LogP contribution in [-0.4, -0.2) is 18.0 Å². The summed E-state index contributed by atoms with van der Waals surface area (Å²) >= 11 is 4.64. The second-order valence-corrected chi connectivity index (χ2v) is 8.47. The molecular formula is C20H13BrF3N3O2S. The topological polar surface area (TPSA) is 77.0 Å². The molecule has 30 heavy (non-hydrogen) atoms. The fourth-order valence-corrected chi connectivity index (χ4v) is 4.89. The number of benzene rings is 1. The number of allylic oxidation sites excluding steroid dienone is 3. The average molecular weight is 496 g/mol. The van der Waals surface area contributed by atoms with Crippen LogP contribution in [0.25, 0.3) is 0 Å². The Morgan fingerprint density at radius 1 is 1.30 bits per heavy atom. The first-order valence-corrected chi connectivity index (χ1v) is 10.3. The van der Waals surface area contributed by atoms with Gasteiger partial charge in [-0.05, 0) is 24.3 Å². The molecule has 2 N–H and O–H groups in total. The molecular weight excluding hydrogens is 483 g/mol. The Morgan fingerprint density at radius 2 is 2.07 bits per heavy atom. The van der Waals surface area contributed by atoms with Gasteiger partial charge in [0.05, 0.1) is 17.0 Å². The summed E-state index contributed by atoms with van der Waals surface area (Å²) in [7, 11) is 0. The van der Waals surface area contributed by atoms with E-state index in [1.54, 1.807) is 6.07 Å². The van der Waals surface area contributed by atoms with Crippen LogP contribution in [-0.2, 0) is 12.8 Å². The fourth-order valence-electron chi connectivity index (χ4n) is 3.10. The SMILES string of the molecule is NC(=O)c1sc(C2C=C3N=CN=C3C=C2Br)cc1OCc1ccccc1C(F)(F)F. The first-order valence-electron chi connectivity index (χ1n) is 8.65. The van der Waals surface area contributed by atoms with Gasteiger partial charge in [-0.15, -0.1) is 11.3 Å². The quantitative estimate of drug-likeness (QED) is 0.619. The van der Waals surface area contributed by atoms with Crippen LogP contribution in [0.3, 0.4) is 0 Å². The van der Waals surface area contributed by atoms with E-state index in [4.69, 9.17) is 10.5 Å². The molecule has 0 fully saturated rings. The molecule has 154 valence electrons. The Kier molecular flexibility index (Phi) is 5.37. The Balaban J connectivity index is 1.63. The third-order valence-electron chi connectivity index (χ3n) is 4.51. The average Bonchev–Trinajstić information content (AvgIpc) is 3.31. The number of carbonyl (C=O) groups excluding carboxylic acids is 1. The van der Waals surface area contributed by atoms with Crippen LogP contribution in [0, 0.1) is 0 Å². The van der Waals surface area contributed by atoms with Gasteiger partial charge in [0.2, 0.25) is 0 Å². The number of nitrogens with zero attached hydrogens (tertiary/aromatic N) is 2. The predicted octanol–water partition coefficient (Wildman–Crippen LogP) is 5.19. The van der Waals surface area contributed by atoms with Crippen LogP contribution in [0.4, 0.5) is 13.2 Å². The Bertz CT molecular complexity index is 1150. The summed E-state index contributed by atoms with van der Waals surface area (Å²) in [6.45, 7) is -0.351. The number of fused-ring (bicyclic) bond motifs is 1. The largest absolute Gasteiger partial charge is 0.487 e. The minimum absolute atomic E-state index is 0.0322. The number of rotatable bonds is 5. The molecule has 0 saturated heterocycles. The van der Waals surface area contributed by atoms with Crippen molar-refractivity contribution in [2.75, 3.05) is 0 Å². The molecule has 2 heterocycles. The van der Waals surface area contributed by atoms with Gasteiger partial charge in [-0.1, -0.05) is 34.1 Å². The number of primary amides is 1. The van der Waals surface area contributed by atoms with Gasteiger partial charge >= 0.3 is 6.18 Å². The maximum absolute atomic E-state index is 13.2. The van der Waals surface area contributed by atoms with Gasteiger partial charge in [0.15, 0.2) is 0 Å². The highest BCUT2D eigenvalue weighted by atomic mass is 79.9. The van der Waals surface area contributed by atoms with Gasteiger partial charge in [-0.3, -0.25) is 4.79 Å². The van der Waals surface area contributed by atoms with E-state index in [0.717, 1.165) is 32.5 Å². The summed E-state index contributed by atoms with van der Waals surface area (Å²) in [5.74, 6) is -0.806. The molecule has 1 aliphatic carbocycles. The van der Waals surface area contributed by atoms with Gasteiger partial charge in [0, 0.05) is 20.8 Å². The summed E-state index contributed by atoms with van der Waals surface area (Å²) in [4.78, 5) is 21.1. The number of halogens is 4. The number of aliphatic imine (C=N–C) groups is 2. The Hall–Kier alpha value is -2.72. The van der Waals surface area contributed by atoms with Crippen molar-refractivity contribution in [1.29, 1.82) is 0 Å². The van der Waals surface area contributed by atoms with Crippen molar-refractivity contribution in [3.05, 3.63) is 73.5 Å². The van der Waals surface area contributed by atoms with Crippen molar-refractivity contribution >= 4 is 45.2 Å². The second kappa shape index (κ2) is 7.84. The molecule has 1 atom stereocenters. The van der Waals surface area contributed by atoms with E-state index in [0.29, 0.717) is 5.70 Å². The lowest BCUT2D eigenvalue weighted by Gasteiger charge is -2.16. The molecule has 0 saturated carbocycles. The number of carbonyl (C=O) groups is 1.